The molecule has 5 rings (SSSR count). The van der Waals surface area contributed by atoms with E-state index in [0.717, 1.165) is 28.1 Å². The van der Waals surface area contributed by atoms with Crippen molar-refractivity contribution in [2.24, 2.45) is 0 Å². The maximum absolute atomic E-state index is 13.5. The first-order valence-corrected chi connectivity index (χ1v) is 10.3. The first-order valence-electron chi connectivity index (χ1n) is 9.39. The van der Waals surface area contributed by atoms with Gasteiger partial charge in [0.1, 0.15) is 0 Å². The van der Waals surface area contributed by atoms with E-state index in [9.17, 15) is 9.59 Å². The molecular weight excluding hydrogens is 372 g/mol. The molecule has 3 aromatic rings. The lowest BCUT2D eigenvalue weighted by atomic mass is 10.0. The van der Waals surface area contributed by atoms with Gasteiger partial charge in [0.25, 0.3) is 11.5 Å². The summed E-state index contributed by atoms with van der Waals surface area (Å²) in [6.45, 7) is 1.79. The Balaban J connectivity index is 1.69. The van der Waals surface area contributed by atoms with E-state index in [0.29, 0.717) is 30.8 Å². The highest BCUT2D eigenvalue weighted by atomic mass is 32.1. The van der Waals surface area contributed by atoms with Crippen molar-refractivity contribution >= 4 is 17.2 Å². The molecule has 142 valence electrons. The van der Waals surface area contributed by atoms with Crippen LogP contribution in [0.4, 0.5) is 0 Å². The highest BCUT2D eigenvalue weighted by Crippen LogP contribution is 2.39. The van der Waals surface area contributed by atoms with Gasteiger partial charge in [-0.25, -0.2) is 0 Å². The van der Waals surface area contributed by atoms with E-state index < -0.39 is 0 Å². The fourth-order valence-electron chi connectivity index (χ4n) is 4.16. The molecule has 4 heterocycles. The van der Waals surface area contributed by atoms with Gasteiger partial charge in [-0.2, -0.15) is 0 Å². The Bertz CT molecular complexity index is 1120. The van der Waals surface area contributed by atoms with Crippen LogP contribution < -0.4 is 5.56 Å². The summed E-state index contributed by atoms with van der Waals surface area (Å²) in [6, 6.07) is 13.4. The second-order valence-electron chi connectivity index (χ2n) is 7.25. The van der Waals surface area contributed by atoms with Gasteiger partial charge in [-0.15, -0.1) is 11.3 Å². The number of aromatic nitrogens is 1. The maximum Gasteiger partial charge on any atom is 0.259 e. The summed E-state index contributed by atoms with van der Waals surface area (Å²) in [7, 11) is 1.68. The number of amides is 1. The zero-order valence-corrected chi connectivity index (χ0v) is 16.4. The molecule has 1 atom stereocenters. The molecule has 0 N–H and O–H groups in total. The zero-order chi connectivity index (χ0) is 19.3. The molecule has 2 aliphatic rings. The van der Waals surface area contributed by atoms with Crippen LogP contribution in [0.25, 0.3) is 21.7 Å². The van der Waals surface area contributed by atoms with Crippen LogP contribution in [0, 0.1) is 0 Å². The number of pyridine rings is 1. The zero-order valence-electron chi connectivity index (χ0n) is 15.6. The van der Waals surface area contributed by atoms with Crippen LogP contribution in [0.15, 0.2) is 52.6 Å². The summed E-state index contributed by atoms with van der Waals surface area (Å²) in [5, 5.41) is 2.02. The van der Waals surface area contributed by atoms with E-state index in [1.165, 1.54) is 0 Å². The summed E-state index contributed by atoms with van der Waals surface area (Å²) in [6.07, 6.45) is 0.918. The molecule has 1 fully saturated rings. The second-order valence-corrected chi connectivity index (χ2v) is 8.17. The van der Waals surface area contributed by atoms with Gasteiger partial charge in [0.05, 0.1) is 28.8 Å². The number of ether oxygens (including phenoxy) is 1. The average molecular weight is 392 g/mol. The van der Waals surface area contributed by atoms with Crippen molar-refractivity contribution < 1.29 is 9.53 Å². The van der Waals surface area contributed by atoms with Gasteiger partial charge in [-0.3, -0.25) is 9.59 Å². The van der Waals surface area contributed by atoms with E-state index in [1.54, 1.807) is 29.1 Å². The molecule has 2 aliphatic heterocycles. The minimum Gasteiger partial charge on any atom is -0.380 e. The van der Waals surface area contributed by atoms with Crippen molar-refractivity contribution in [3.8, 4) is 21.7 Å². The van der Waals surface area contributed by atoms with Crippen molar-refractivity contribution in [1.82, 2.24) is 9.47 Å². The number of benzene rings is 1. The number of hydrogen-bond donors (Lipinski definition) is 0. The smallest absolute Gasteiger partial charge is 0.259 e. The van der Waals surface area contributed by atoms with Crippen molar-refractivity contribution in [3.63, 3.8) is 0 Å². The highest BCUT2D eigenvalue weighted by molar-refractivity contribution is 7.13. The van der Waals surface area contributed by atoms with Gasteiger partial charge in [-0.05, 0) is 35.1 Å². The lowest BCUT2D eigenvalue weighted by Gasteiger charge is -2.19. The molecule has 2 aromatic heterocycles. The third kappa shape index (κ3) is 2.64. The number of likely N-dealkylation sites (tertiary alicyclic amines) is 1. The van der Waals surface area contributed by atoms with Crippen molar-refractivity contribution in [1.29, 1.82) is 0 Å². The quantitative estimate of drug-likeness (QED) is 0.536. The first kappa shape index (κ1) is 17.4. The van der Waals surface area contributed by atoms with E-state index in [-0.39, 0.29) is 17.6 Å². The minimum atomic E-state index is -0.0441. The number of nitrogens with zero attached hydrogens (tertiary/aromatic N) is 2. The second kappa shape index (κ2) is 6.72. The first-order chi connectivity index (χ1) is 13.7. The normalized spacial score (nSPS) is 17.6. The lowest BCUT2D eigenvalue weighted by molar-refractivity contribution is 0.0724. The number of carbonyl (C=O) groups is 1. The SMILES string of the molecule is CO[C@H]1CCN(C(=O)c2cc(-c3ccccc3)c(=O)n3c2-c2sccc2C3)C1. The number of fused-ring (bicyclic) bond motifs is 3. The van der Waals surface area contributed by atoms with Gasteiger partial charge < -0.3 is 14.2 Å². The molecule has 0 spiro atoms. The average Bonchev–Trinajstić information content (AvgIpc) is 3.44. The molecule has 5 nitrogen and oxygen atoms in total. The molecule has 1 saturated heterocycles. The van der Waals surface area contributed by atoms with Crippen LogP contribution in [0.1, 0.15) is 22.3 Å². The molecule has 0 bridgehead atoms. The van der Waals surface area contributed by atoms with E-state index >= 15 is 0 Å². The maximum atomic E-state index is 13.5. The Morgan fingerprint density at radius 3 is 2.79 bits per heavy atom. The fraction of sp³-hybridized carbons (Fsp3) is 0.273. The van der Waals surface area contributed by atoms with Crippen LogP contribution in [-0.4, -0.2) is 41.7 Å². The predicted octanol–water partition coefficient (Wildman–Crippen LogP) is 3.47. The summed E-state index contributed by atoms with van der Waals surface area (Å²) in [4.78, 5) is 29.6. The summed E-state index contributed by atoms with van der Waals surface area (Å²) < 4.78 is 7.19. The van der Waals surface area contributed by atoms with Crippen LogP contribution in [0.2, 0.25) is 0 Å². The van der Waals surface area contributed by atoms with Crippen LogP contribution >= 0.6 is 11.3 Å². The Kier molecular flexibility index (Phi) is 4.18. The Morgan fingerprint density at radius 1 is 1.21 bits per heavy atom. The number of hydrogen-bond acceptors (Lipinski definition) is 4. The van der Waals surface area contributed by atoms with Gasteiger partial charge in [-0.1, -0.05) is 30.3 Å². The van der Waals surface area contributed by atoms with E-state index in [4.69, 9.17) is 4.74 Å². The molecule has 0 radical (unpaired) electrons. The monoisotopic (exact) mass is 392 g/mol. The summed E-state index contributed by atoms with van der Waals surface area (Å²) >= 11 is 1.59. The van der Waals surface area contributed by atoms with E-state index in [1.807, 2.05) is 46.7 Å². The molecule has 28 heavy (non-hydrogen) atoms. The number of thiophene rings is 1. The third-order valence-corrected chi connectivity index (χ3v) is 6.62. The summed E-state index contributed by atoms with van der Waals surface area (Å²) in [5.74, 6) is -0.0262. The fourth-order valence-corrected chi connectivity index (χ4v) is 5.15. The van der Waals surface area contributed by atoms with Gasteiger partial charge in [0, 0.05) is 25.8 Å². The molecular formula is C22H20N2O3S. The molecule has 1 aromatic carbocycles. The van der Waals surface area contributed by atoms with E-state index in [2.05, 4.69) is 0 Å². The van der Waals surface area contributed by atoms with Crippen molar-refractivity contribution in [2.75, 3.05) is 20.2 Å². The summed E-state index contributed by atoms with van der Waals surface area (Å²) in [5.41, 5.74) is 3.85. The molecule has 0 aliphatic carbocycles. The molecule has 1 amide bonds. The molecule has 6 heteroatoms. The largest absolute Gasteiger partial charge is 0.380 e. The lowest BCUT2D eigenvalue weighted by Crippen LogP contribution is -2.32. The Hall–Kier alpha value is -2.70. The Morgan fingerprint density at radius 2 is 2.04 bits per heavy atom. The topological polar surface area (TPSA) is 51.5 Å². The van der Waals surface area contributed by atoms with Crippen LogP contribution in [-0.2, 0) is 11.3 Å². The molecule has 0 unspecified atom stereocenters. The minimum absolute atomic E-state index is 0.0262. The van der Waals surface area contributed by atoms with Crippen molar-refractivity contribution in [3.05, 3.63) is 69.3 Å². The van der Waals surface area contributed by atoms with Gasteiger partial charge >= 0.3 is 0 Å². The number of rotatable bonds is 3. The number of methoxy groups -OCH3 is 1. The predicted molar refractivity (Wildman–Crippen MR) is 110 cm³/mol. The van der Waals surface area contributed by atoms with Crippen LogP contribution in [0.3, 0.4) is 0 Å². The standard InChI is InChI=1S/C22H20N2O3S/c1-27-16-7-9-23(13-16)21(25)18-11-17(14-5-3-2-4-6-14)22(26)24-12-15-8-10-28-20(15)19(18)24/h2-6,8,10-11,16H,7,9,12-13H2,1H3/t16-/m0/s1. The highest BCUT2D eigenvalue weighted by Gasteiger charge is 2.33. The number of carbonyl (C=O) groups excluding carboxylic acids is 1. The third-order valence-electron chi connectivity index (χ3n) is 5.66. The van der Waals surface area contributed by atoms with Crippen molar-refractivity contribution in [2.45, 2.75) is 19.1 Å². The Labute approximate surface area is 166 Å². The van der Waals surface area contributed by atoms with Crippen LogP contribution in [0.5, 0.6) is 0 Å². The van der Waals surface area contributed by atoms with Gasteiger partial charge in [0.2, 0.25) is 0 Å². The van der Waals surface area contributed by atoms with Gasteiger partial charge in [0.15, 0.2) is 0 Å². The molecule has 0 saturated carbocycles.